The SMILES string of the molecule is COC1CCN(c2ncc3ncnc(Nc4ccc(Oc5ccn6ncnc6c5)c(C)c4)c3n2)CC1. The molecule has 1 aliphatic heterocycles. The van der Waals surface area contributed by atoms with Gasteiger partial charge in [-0.05, 0) is 49.6 Å². The van der Waals surface area contributed by atoms with Gasteiger partial charge in [0, 0.05) is 38.1 Å². The van der Waals surface area contributed by atoms with Crippen molar-refractivity contribution in [3.8, 4) is 11.5 Å². The topological polar surface area (TPSA) is 115 Å². The molecule has 0 unspecified atom stereocenters. The van der Waals surface area contributed by atoms with E-state index in [9.17, 15) is 0 Å². The molecule has 1 aliphatic rings. The van der Waals surface area contributed by atoms with Gasteiger partial charge in [-0.2, -0.15) is 5.10 Å². The lowest BCUT2D eigenvalue weighted by Crippen LogP contribution is -2.37. The average Bonchev–Trinajstić information content (AvgIpc) is 3.38. The zero-order valence-electron chi connectivity index (χ0n) is 20.0. The van der Waals surface area contributed by atoms with Crippen LogP contribution in [0.4, 0.5) is 17.5 Å². The summed E-state index contributed by atoms with van der Waals surface area (Å²) in [6.07, 6.45) is 8.80. The molecule has 1 fully saturated rings. The van der Waals surface area contributed by atoms with Crippen molar-refractivity contribution in [2.24, 2.45) is 0 Å². The van der Waals surface area contributed by atoms with Gasteiger partial charge in [0.25, 0.3) is 0 Å². The number of hydrogen-bond acceptors (Lipinski definition) is 10. The van der Waals surface area contributed by atoms with Crippen molar-refractivity contribution in [3.05, 3.63) is 60.9 Å². The number of benzene rings is 1. The molecule has 5 heterocycles. The van der Waals surface area contributed by atoms with Crippen LogP contribution in [0.15, 0.2) is 55.4 Å². The monoisotopic (exact) mass is 483 g/mol. The van der Waals surface area contributed by atoms with E-state index in [4.69, 9.17) is 14.5 Å². The van der Waals surface area contributed by atoms with E-state index in [2.05, 4.69) is 35.3 Å². The van der Waals surface area contributed by atoms with Gasteiger partial charge in [-0.1, -0.05) is 0 Å². The average molecular weight is 484 g/mol. The highest BCUT2D eigenvalue weighted by Gasteiger charge is 2.21. The first kappa shape index (κ1) is 22.1. The van der Waals surface area contributed by atoms with Crippen LogP contribution < -0.4 is 15.0 Å². The number of anilines is 3. The summed E-state index contributed by atoms with van der Waals surface area (Å²) in [6.45, 7) is 3.70. The fraction of sp³-hybridized carbons (Fsp3) is 0.280. The highest BCUT2D eigenvalue weighted by Crippen LogP contribution is 2.30. The highest BCUT2D eigenvalue weighted by atomic mass is 16.5. The van der Waals surface area contributed by atoms with Crippen LogP contribution in [0.25, 0.3) is 16.7 Å². The molecular formula is C25H25N9O2. The predicted molar refractivity (Wildman–Crippen MR) is 135 cm³/mol. The lowest BCUT2D eigenvalue weighted by Gasteiger charge is -2.31. The van der Waals surface area contributed by atoms with Crippen molar-refractivity contribution < 1.29 is 9.47 Å². The first-order valence-corrected chi connectivity index (χ1v) is 11.8. The molecule has 5 aromatic rings. The van der Waals surface area contributed by atoms with E-state index in [0.29, 0.717) is 34.7 Å². The van der Waals surface area contributed by atoms with Gasteiger partial charge in [-0.25, -0.2) is 29.4 Å². The van der Waals surface area contributed by atoms with Crippen LogP contribution in [0.3, 0.4) is 0 Å². The van der Waals surface area contributed by atoms with Crippen molar-refractivity contribution in [3.63, 3.8) is 0 Å². The summed E-state index contributed by atoms with van der Waals surface area (Å²) in [7, 11) is 1.76. The lowest BCUT2D eigenvalue weighted by atomic mass is 10.1. The molecule has 0 bridgehead atoms. The van der Waals surface area contributed by atoms with Crippen LogP contribution in [0.2, 0.25) is 0 Å². The smallest absolute Gasteiger partial charge is 0.226 e. The fourth-order valence-corrected chi connectivity index (χ4v) is 4.35. The van der Waals surface area contributed by atoms with Gasteiger partial charge in [0.2, 0.25) is 5.95 Å². The summed E-state index contributed by atoms with van der Waals surface area (Å²) in [5.41, 5.74) is 3.92. The number of aryl methyl sites for hydroxylation is 1. The van der Waals surface area contributed by atoms with E-state index in [0.717, 1.165) is 48.6 Å². The van der Waals surface area contributed by atoms with E-state index in [-0.39, 0.29) is 0 Å². The second-order valence-electron chi connectivity index (χ2n) is 8.68. The summed E-state index contributed by atoms with van der Waals surface area (Å²) in [4.78, 5) is 24.5. The number of nitrogens with one attached hydrogen (secondary N) is 1. The van der Waals surface area contributed by atoms with Crippen molar-refractivity contribution in [1.29, 1.82) is 0 Å². The normalized spacial score (nSPS) is 14.4. The number of fused-ring (bicyclic) bond motifs is 2. The molecule has 182 valence electrons. The van der Waals surface area contributed by atoms with E-state index in [1.165, 1.54) is 12.7 Å². The summed E-state index contributed by atoms with van der Waals surface area (Å²) in [5, 5.41) is 7.50. The molecule has 1 saturated heterocycles. The minimum atomic E-state index is 0.294. The van der Waals surface area contributed by atoms with Gasteiger partial charge in [0.15, 0.2) is 11.5 Å². The van der Waals surface area contributed by atoms with Crippen molar-refractivity contribution in [1.82, 2.24) is 34.5 Å². The maximum absolute atomic E-state index is 6.09. The number of pyridine rings is 1. The highest BCUT2D eigenvalue weighted by molar-refractivity contribution is 5.87. The third-order valence-electron chi connectivity index (χ3n) is 6.34. The van der Waals surface area contributed by atoms with Gasteiger partial charge in [-0.15, -0.1) is 0 Å². The van der Waals surface area contributed by atoms with Crippen LogP contribution in [-0.4, -0.2) is 60.8 Å². The Bertz CT molecular complexity index is 1530. The minimum absolute atomic E-state index is 0.294. The Kier molecular flexibility index (Phi) is 5.74. The Hall–Kier alpha value is -4.38. The van der Waals surface area contributed by atoms with E-state index < -0.39 is 0 Å². The molecule has 11 nitrogen and oxygen atoms in total. The van der Waals surface area contributed by atoms with E-state index >= 15 is 0 Å². The Balaban J connectivity index is 1.23. The number of aromatic nitrogens is 7. The van der Waals surface area contributed by atoms with Crippen LogP contribution in [0, 0.1) is 6.92 Å². The summed E-state index contributed by atoms with van der Waals surface area (Å²) < 4.78 is 13.3. The number of rotatable bonds is 6. The van der Waals surface area contributed by atoms with Crippen LogP contribution in [0.5, 0.6) is 11.5 Å². The standard InChI is InChI=1S/C25H25N9O2/c1-16-11-17(3-4-21(16)36-19-7-10-34-22(12-19)28-15-30-34)31-24-23-20(27-14-29-24)13-26-25(32-23)33-8-5-18(35-2)6-9-33/h3-4,7,10-15,18H,5-6,8-9H2,1-2H3,(H,27,29,31). The third-order valence-corrected chi connectivity index (χ3v) is 6.34. The molecule has 0 aliphatic carbocycles. The lowest BCUT2D eigenvalue weighted by molar-refractivity contribution is 0.0817. The summed E-state index contributed by atoms with van der Waals surface area (Å²) in [6, 6.07) is 9.59. The molecule has 36 heavy (non-hydrogen) atoms. The molecule has 0 amide bonds. The van der Waals surface area contributed by atoms with Gasteiger partial charge in [-0.3, -0.25) is 0 Å². The zero-order valence-corrected chi connectivity index (χ0v) is 20.0. The third kappa shape index (κ3) is 4.36. The first-order chi connectivity index (χ1) is 17.7. The number of piperidine rings is 1. The molecule has 0 atom stereocenters. The molecule has 0 saturated carbocycles. The zero-order chi connectivity index (χ0) is 24.5. The van der Waals surface area contributed by atoms with Crippen molar-refractivity contribution in [2.45, 2.75) is 25.9 Å². The first-order valence-electron chi connectivity index (χ1n) is 11.8. The molecule has 1 N–H and O–H groups in total. The molecule has 6 rings (SSSR count). The minimum Gasteiger partial charge on any atom is -0.457 e. The van der Waals surface area contributed by atoms with Crippen LogP contribution in [-0.2, 0) is 4.74 Å². The number of methoxy groups -OCH3 is 1. The van der Waals surface area contributed by atoms with E-state index in [1.54, 1.807) is 17.8 Å². The van der Waals surface area contributed by atoms with Gasteiger partial charge in [0.05, 0.1) is 12.3 Å². The fourth-order valence-electron chi connectivity index (χ4n) is 4.35. The summed E-state index contributed by atoms with van der Waals surface area (Å²) >= 11 is 0. The van der Waals surface area contributed by atoms with Crippen LogP contribution >= 0.6 is 0 Å². The van der Waals surface area contributed by atoms with Crippen LogP contribution in [0.1, 0.15) is 18.4 Å². The van der Waals surface area contributed by atoms with Gasteiger partial charge in [0.1, 0.15) is 35.2 Å². The predicted octanol–water partition coefficient (Wildman–Crippen LogP) is 3.92. The van der Waals surface area contributed by atoms with E-state index in [1.807, 2.05) is 43.5 Å². The van der Waals surface area contributed by atoms with Crippen molar-refractivity contribution >= 4 is 34.1 Å². The molecule has 0 spiro atoms. The second-order valence-corrected chi connectivity index (χ2v) is 8.68. The second kappa shape index (κ2) is 9.34. The molecule has 11 heteroatoms. The summed E-state index contributed by atoms with van der Waals surface area (Å²) in [5.74, 6) is 2.75. The van der Waals surface area contributed by atoms with Crippen molar-refractivity contribution in [2.75, 3.05) is 30.4 Å². The largest absolute Gasteiger partial charge is 0.457 e. The molecule has 1 aromatic carbocycles. The molecule has 0 radical (unpaired) electrons. The Morgan fingerprint density at radius 3 is 2.72 bits per heavy atom. The molecular weight excluding hydrogens is 458 g/mol. The molecule has 4 aromatic heterocycles. The van der Waals surface area contributed by atoms with Gasteiger partial charge >= 0.3 is 0 Å². The Morgan fingerprint density at radius 1 is 1.00 bits per heavy atom. The Labute approximate surface area is 207 Å². The number of hydrogen-bond donors (Lipinski definition) is 1. The quantitative estimate of drug-likeness (QED) is 0.381. The maximum Gasteiger partial charge on any atom is 0.226 e. The number of ether oxygens (including phenoxy) is 2. The van der Waals surface area contributed by atoms with Gasteiger partial charge < -0.3 is 19.7 Å². The number of nitrogens with zero attached hydrogens (tertiary/aromatic N) is 8. The Morgan fingerprint density at radius 2 is 1.89 bits per heavy atom. The maximum atomic E-state index is 6.09.